The van der Waals surface area contributed by atoms with Gasteiger partial charge in [0.05, 0.1) is 29.9 Å². The Kier molecular flexibility index (Phi) is 5.08. The van der Waals surface area contributed by atoms with Gasteiger partial charge in [0.15, 0.2) is 12.3 Å². The summed E-state index contributed by atoms with van der Waals surface area (Å²) in [6, 6.07) is 11.7. The third-order valence-corrected chi connectivity index (χ3v) is 3.99. The van der Waals surface area contributed by atoms with E-state index < -0.39 is 4.92 Å². The summed E-state index contributed by atoms with van der Waals surface area (Å²) in [6.45, 7) is -0.0147. The summed E-state index contributed by atoms with van der Waals surface area (Å²) >= 11 is 0. The van der Waals surface area contributed by atoms with Crippen molar-refractivity contribution in [3.63, 3.8) is 0 Å². The minimum absolute atomic E-state index is 0.0147. The molecular formula is C20H16N2O5. The number of hydrogen-bond acceptors (Lipinski definition) is 6. The Morgan fingerprint density at radius 3 is 2.33 bits per heavy atom. The van der Waals surface area contributed by atoms with Gasteiger partial charge in [-0.05, 0) is 42.5 Å². The molecule has 2 aromatic carbocycles. The number of pyridine rings is 1. The monoisotopic (exact) mass is 364 g/mol. The van der Waals surface area contributed by atoms with Crippen LogP contribution >= 0.6 is 0 Å². The fourth-order valence-electron chi connectivity index (χ4n) is 2.73. The van der Waals surface area contributed by atoms with E-state index >= 15 is 0 Å². The van der Waals surface area contributed by atoms with E-state index in [9.17, 15) is 10.1 Å². The van der Waals surface area contributed by atoms with E-state index in [0.717, 1.165) is 0 Å². The molecule has 7 nitrogen and oxygen atoms in total. The van der Waals surface area contributed by atoms with Crippen LogP contribution in [-0.4, -0.2) is 30.7 Å². The van der Waals surface area contributed by atoms with Gasteiger partial charge in [-0.15, -0.1) is 6.42 Å². The fourth-order valence-corrected chi connectivity index (χ4v) is 2.73. The van der Waals surface area contributed by atoms with Crippen LogP contribution in [-0.2, 0) is 0 Å². The molecule has 3 rings (SSSR count). The van der Waals surface area contributed by atoms with Crippen molar-refractivity contribution in [3.8, 4) is 41.0 Å². The van der Waals surface area contributed by atoms with E-state index in [2.05, 4.69) is 10.9 Å². The highest BCUT2D eigenvalue weighted by Crippen LogP contribution is 2.40. The SMILES string of the molecule is C#CCOc1nc(-c2ccc(OC)cc2)c([N+](=O)[O-])c2ccc(OC)cc12. The predicted molar refractivity (Wildman–Crippen MR) is 101 cm³/mol. The second-order valence-corrected chi connectivity index (χ2v) is 5.50. The molecule has 0 atom stereocenters. The van der Waals surface area contributed by atoms with Crippen molar-refractivity contribution >= 4 is 16.5 Å². The lowest BCUT2D eigenvalue weighted by Crippen LogP contribution is -2.02. The van der Waals surface area contributed by atoms with Crippen molar-refractivity contribution in [2.75, 3.05) is 20.8 Å². The molecule has 1 aromatic heterocycles. The van der Waals surface area contributed by atoms with Crippen LogP contribution in [0, 0.1) is 22.5 Å². The van der Waals surface area contributed by atoms with E-state index in [0.29, 0.717) is 27.8 Å². The summed E-state index contributed by atoms with van der Waals surface area (Å²) in [5.41, 5.74) is 0.629. The first-order valence-corrected chi connectivity index (χ1v) is 7.96. The first-order valence-electron chi connectivity index (χ1n) is 7.96. The Hall–Kier alpha value is -3.79. The Labute approximate surface area is 155 Å². The van der Waals surface area contributed by atoms with Crippen LogP contribution in [0.15, 0.2) is 42.5 Å². The zero-order valence-corrected chi connectivity index (χ0v) is 14.8. The lowest BCUT2D eigenvalue weighted by atomic mass is 10.0. The molecule has 0 aliphatic rings. The molecule has 27 heavy (non-hydrogen) atoms. The zero-order valence-electron chi connectivity index (χ0n) is 14.8. The van der Waals surface area contributed by atoms with Crippen molar-refractivity contribution < 1.29 is 19.1 Å². The number of methoxy groups -OCH3 is 2. The number of fused-ring (bicyclic) bond motifs is 1. The van der Waals surface area contributed by atoms with Gasteiger partial charge in [0.25, 0.3) is 0 Å². The second-order valence-electron chi connectivity index (χ2n) is 5.50. The molecule has 136 valence electrons. The standard InChI is InChI=1S/C20H16N2O5/c1-4-11-27-20-17-12-15(26-3)9-10-16(17)19(22(23)24)18(21-20)13-5-7-14(25-2)8-6-13/h1,5-10,12H,11H2,2-3H3. The molecule has 0 unspecified atom stereocenters. The van der Waals surface area contributed by atoms with E-state index in [4.69, 9.17) is 20.6 Å². The minimum Gasteiger partial charge on any atom is -0.497 e. The normalized spacial score (nSPS) is 10.3. The molecule has 0 aliphatic carbocycles. The Bertz CT molecular complexity index is 1040. The molecule has 0 amide bonds. The van der Waals surface area contributed by atoms with E-state index in [-0.39, 0.29) is 23.9 Å². The summed E-state index contributed by atoms with van der Waals surface area (Å²) in [4.78, 5) is 15.8. The summed E-state index contributed by atoms with van der Waals surface area (Å²) in [5.74, 6) is 3.75. The van der Waals surface area contributed by atoms with Crippen LogP contribution in [0.2, 0.25) is 0 Å². The van der Waals surface area contributed by atoms with Crippen molar-refractivity contribution in [2.24, 2.45) is 0 Å². The second kappa shape index (κ2) is 7.62. The first kappa shape index (κ1) is 18.0. The molecule has 0 saturated carbocycles. The number of terminal acetylenes is 1. The maximum atomic E-state index is 11.8. The summed E-state index contributed by atoms with van der Waals surface area (Å²) in [7, 11) is 3.06. The van der Waals surface area contributed by atoms with Crippen molar-refractivity contribution in [1.82, 2.24) is 4.98 Å². The number of rotatable bonds is 6. The lowest BCUT2D eigenvalue weighted by molar-refractivity contribution is -0.382. The molecular weight excluding hydrogens is 348 g/mol. The van der Waals surface area contributed by atoms with Crippen LogP contribution in [0.1, 0.15) is 0 Å². The fraction of sp³-hybridized carbons (Fsp3) is 0.150. The Balaban J connectivity index is 2.32. The molecule has 3 aromatic rings. The van der Waals surface area contributed by atoms with Crippen molar-refractivity contribution in [1.29, 1.82) is 0 Å². The van der Waals surface area contributed by atoms with Crippen LogP contribution in [0.25, 0.3) is 22.0 Å². The van der Waals surface area contributed by atoms with E-state index in [1.807, 2.05) is 0 Å². The van der Waals surface area contributed by atoms with Crippen LogP contribution in [0.4, 0.5) is 5.69 Å². The van der Waals surface area contributed by atoms with Gasteiger partial charge in [-0.2, -0.15) is 0 Å². The molecule has 0 radical (unpaired) electrons. The number of nitrogens with zero attached hydrogens (tertiary/aromatic N) is 2. The molecule has 0 fully saturated rings. The quantitative estimate of drug-likeness (QED) is 0.375. The Morgan fingerprint density at radius 1 is 1.07 bits per heavy atom. The van der Waals surface area contributed by atoms with Gasteiger partial charge < -0.3 is 14.2 Å². The lowest BCUT2D eigenvalue weighted by Gasteiger charge is -2.12. The molecule has 0 bridgehead atoms. The summed E-state index contributed by atoms with van der Waals surface area (Å²) in [5, 5.41) is 12.7. The third kappa shape index (κ3) is 3.46. The average Bonchev–Trinajstić information content (AvgIpc) is 2.70. The predicted octanol–water partition coefficient (Wildman–Crippen LogP) is 3.84. The summed E-state index contributed by atoms with van der Waals surface area (Å²) in [6.07, 6.45) is 5.29. The van der Waals surface area contributed by atoms with Crippen molar-refractivity contribution in [3.05, 3.63) is 52.6 Å². The number of nitro groups is 1. The number of ether oxygens (including phenoxy) is 3. The van der Waals surface area contributed by atoms with Crippen molar-refractivity contribution in [2.45, 2.75) is 0 Å². The topological polar surface area (TPSA) is 83.7 Å². The molecule has 1 heterocycles. The maximum Gasteiger partial charge on any atom is 0.303 e. The molecule has 0 aliphatic heterocycles. The van der Waals surface area contributed by atoms with Gasteiger partial charge in [-0.25, -0.2) is 4.98 Å². The molecule has 0 spiro atoms. The van der Waals surface area contributed by atoms with Crippen LogP contribution in [0.5, 0.6) is 17.4 Å². The van der Waals surface area contributed by atoms with Gasteiger partial charge in [-0.3, -0.25) is 10.1 Å². The van der Waals surface area contributed by atoms with Crippen LogP contribution < -0.4 is 14.2 Å². The molecule has 7 heteroatoms. The van der Waals surface area contributed by atoms with Gasteiger partial charge >= 0.3 is 5.69 Å². The van der Waals surface area contributed by atoms with Gasteiger partial charge in [0.2, 0.25) is 5.88 Å². The van der Waals surface area contributed by atoms with E-state index in [1.54, 1.807) is 49.6 Å². The van der Waals surface area contributed by atoms with Gasteiger partial charge in [0.1, 0.15) is 11.5 Å². The maximum absolute atomic E-state index is 11.8. The highest BCUT2D eigenvalue weighted by Gasteiger charge is 2.25. The smallest absolute Gasteiger partial charge is 0.303 e. The van der Waals surface area contributed by atoms with Gasteiger partial charge in [0, 0.05) is 5.56 Å². The third-order valence-electron chi connectivity index (χ3n) is 3.99. The van der Waals surface area contributed by atoms with Crippen LogP contribution in [0.3, 0.4) is 0 Å². The number of hydrogen-bond donors (Lipinski definition) is 0. The summed E-state index contributed by atoms with van der Waals surface area (Å²) < 4.78 is 15.9. The Morgan fingerprint density at radius 2 is 1.74 bits per heavy atom. The number of aromatic nitrogens is 1. The zero-order chi connectivity index (χ0) is 19.4. The largest absolute Gasteiger partial charge is 0.497 e. The average molecular weight is 364 g/mol. The molecule has 0 N–H and O–H groups in total. The highest BCUT2D eigenvalue weighted by molar-refractivity contribution is 6.00. The minimum atomic E-state index is -0.452. The molecule has 0 saturated heterocycles. The highest BCUT2D eigenvalue weighted by atomic mass is 16.6. The first-order chi connectivity index (χ1) is 13.1. The number of benzene rings is 2. The van der Waals surface area contributed by atoms with E-state index in [1.165, 1.54) is 7.11 Å². The van der Waals surface area contributed by atoms with Gasteiger partial charge in [-0.1, -0.05) is 5.92 Å².